The molecule has 2 N–H and O–H groups in total. The normalized spacial score (nSPS) is 12.1. The predicted octanol–water partition coefficient (Wildman–Crippen LogP) is 3.02. The van der Waals surface area contributed by atoms with Crippen LogP contribution in [0.1, 0.15) is 64.7 Å². The first-order valence-corrected chi connectivity index (χ1v) is 7.88. The van der Waals surface area contributed by atoms with Crippen molar-refractivity contribution in [2.45, 2.75) is 70.8 Å². The van der Waals surface area contributed by atoms with Crippen molar-refractivity contribution in [3.63, 3.8) is 0 Å². The minimum absolute atomic E-state index is 0.124. The fourth-order valence-corrected chi connectivity index (χ4v) is 2.12. The Bertz CT molecular complexity index is 259. The monoisotopic (exact) mass is 289 g/mol. The zero-order chi connectivity index (χ0) is 14.5. The maximum absolute atomic E-state index is 11.5. The van der Waals surface area contributed by atoms with Crippen molar-refractivity contribution in [2.24, 2.45) is 0 Å². The number of amides is 1. The Balaban J connectivity index is 3.45. The van der Waals surface area contributed by atoms with Crippen LogP contribution in [0.2, 0.25) is 0 Å². The molecule has 0 rings (SSSR count). The van der Waals surface area contributed by atoms with Gasteiger partial charge in [0.1, 0.15) is 6.04 Å². The molecule has 0 aromatic heterocycles. The maximum atomic E-state index is 11.5. The fraction of sp³-hybridized carbons (Fsp3) is 0.857. The predicted molar refractivity (Wildman–Crippen MR) is 80.6 cm³/mol. The molecule has 112 valence electrons. The van der Waals surface area contributed by atoms with E-state index in [2.05, 4.69) is 24.9 Å². The van der Waals surface area contributed by atoms with Crippen molar-refractivity contribution in [3.05, 3.63) is 0 Å². The number of hydrogen-bond acceptors (Lipinski definition) is 3. The molecule has 0 spiro atoms. The number of rotatable bonds is 12. The standard InChI is InChI=1S/C14H27NO3S/c1-2-3-4-5-6-7-8-9-10-13(16)15-12(11-19)14(17)18/h12,19H,2-11H2,1H3,(H,15,16)(H,17,18)/t12-/m0/s1. The summed E-state index contributed by atoms with van der Waals surface area (Å²) in [4.78, 5) is 22.2. The summed E-state index contributed by atoms with van der Waals surface area (Å²) < 4.78 is 0. The molecule has 0 fully saturated rings. The van der Waals surface area contributed by atoms with Crippen molar-refractivity contribution in [3.8, 4) is 0 Å². The quantitative estimate of drug-likeness (QED) is 0.382. The van der Waals surface area contributed by atoms with Gasteiger partial charge in [-0.05, 0) is 6.42 Å². The maximum Gasteiger partial charge on any atom is 0.327 e. The van der Waals surface area contributed by atoms with Crippen molar-refractivity contribution < 1.29 is 14.7 Å². The third-order valence-corrected chi connectivity index (χ3v) is 3.44. The Morgan fingerprint density at radius 3 is 2.05 bits per heavy atom. The molecule has 4 nitrogen and oxygen atoms in total. The summed E-state index contributed by atoms with van der Waals surface area (Å²) in [5.74, 6) is -1.09. The smallest absolute Gasteiger partial charge is 0.327 e. The number of aliphatic carboxylic acids is 1. The second-order valence-electron chi connectivity index (χ2n) is 4.87. The van der Waals surface area contributed by atoms with E-state index in [1.165, 1.54) is 32.1 Å². The second-order valence-corrected chi connectivity index (χ2v) is 5.23. The number of hydrogen-bond donors (Lipinski definition) is 3. The van der Waals surface area contributed by atoms with Gasteiger partial charge in [-0.15, -0.1) is 0 Å². The lowest BCUT2D eigenvalue weighted by Crippen LogP contribution is -2.42. The molecule has 1 amide bonds. The zero-order valence-corrected chi connectivity index (χ0v) is 12.8. The number of carboxylic acids is 1. The highest BCUT2D eigenvalue weighted by Crippen LogP contribution is 2.09. The van der Waals surface area contributed by atoms with Gasteiger partial charge in [0.25, 0.3) is 0 Å². The molecule has 0 bridgehead atoms. The summed E-state index contributed by atoms with van der Waals surface area (Å²) in [6.07, 6.45) is 9.82. The zero-order valence-electron chi connectivity index (χ0n) is 11.9. The largest absolute Gasteiger partial charge is 0.480 e. The molecule has 0 unspecified atom stereocenters. The van der Waals surface area contributed by atoms with Crippen LogP contribution in [0.15, 0.2) is 0 Å². The van der Waals surface area contributed by atoms with E-state index in [4.69, 9.17) is 5.11 Å². The molecule has 0 aliphatic carbocycles. The highest BCUT2D eigenvalue weighted by atomic mass is 32.1. The van der Waals surface area contributed by atoms with E-state index in [1.54, 1.807) is 0 Å². The van der Waals surface area contributed by atoms with Gasteiger partial charge in [-0.2, -0.15) is 12.6 Å². The van der Waals surface area contributed by atoms with E-state index in [-0.39, 0.29) is 11.7 Å². The Hall–Kier alpha value is -0.710. The molecule has 0 saturated carbocycles. The minimum atomic E-state index is -1.03. The Morgan fingerprint density at radius 1 is 1.05 bits per heavy atom. The Labute approximate surface area is 121 Å². The molecule has 0 aromatic rings. The topological polar surface area (TPSA) is 66.4 Å². The van der Waals surface area contributed by atoms with E-state index in [0.29, 0.717) is 6.42 Å². The summed E-state index contributed by atoms with van der Waals surface area (Å²) in [7, 11) is 0. The summed E-state index contributed by atoms with van der Waals surface area (Å²) in [6.45, 7) is 2.20. The van der Waals surface area contributed by atoms with Gasteiger partial charge in [-0.1, -0.05) is 51.9 Å². The SMILES string of the molecule is CCCCCCCCCCC(=O)N[C@@H](CS)C(=O)O. The molecule has 0 saturated heterocycles. The first kappa shape index (κ1) is 18.3. The second kappa shape index (κ2) is 12.3. The van der Waals surface area contributed by atoms with Crippen molar-refractivity contribution in [2.75, 3.05) is 5.75 Å². The minimum Gasteiger partial charge on any atom is -0.480 e. The van der Waals surface area contributed by atoms with Crippen molar-refractivity contribution in [1.29, 1.82) is 0 Å². The average molecular weight is 289 g/mol. The molecular weight excluding hydrogens is 262 g/mol. The van der Waals surface area contributed by atoms with E-state index >= 15 is 0 Å². The van der Waals surface area contributed by atoms with Crippen molar-refractivity contribution in [1.82, 2.24) is 5.32 Å². The van der Waals surface area contributed by atoms with Crippen LogP contribution in [0, 0.1) is 0 Å². The lowest BCUT2D eigenvalue weighted by atomic mass is 10.1. The van der Waals surface area contributed by atoms with Gasteiger partial charge in [0, 0.05) is 12.2 Å². The number of carbonyl (C=O) groups is 2. The van der Waals surface area contributed by atoms with Gasteiger partial charge in [0.2, 0.25) is 5.91 Å². The van der Waals surface area contributed by atoms with Crippen LogP contribution >= 0.6 is 12.6 Å². The van der Waals surface area contributed by atoms with Crippen LogP contribution in [0.5, 0.6) is 0 Å². The third kappa shape index (κ3) is 10.9. The average Bonchev–Trinajstić information content (AvgIpc) is 2.38. The molecule has 1 atom stereocenters. The van der Waals surface area contributed by atoms with Gasteiger partial charge >= 0.3 is 5.97 Å². The van der Waals surface area contributed by atoms with E-state index in [1.807, 2.05) is 0 Å². The third-order valence-electron chi connectivity index (χ3n) is 3.07. The lowest BCUT2D eigenvalue weighted by Gasteiger charge is -2.11. The summed E-state index contributed by atoms with van der Waals surface area (Å²) in [5, 5.41) is 11.2. The number of carboxylic acid groups (broad SMARTS) is 1. The van der Waals surface area contributed by atoms with Crippen LogP contribution in [0.25, 0.3) is 0 Å². The van der Waals surface area contributed by atoms with Gasteiger partial charge < -0.3 is 10.4 Å². The molecule has 19 heavy (non-hydrogen) atoms. The Morgan fingerprint density at radius 2 is 1.58 bits per heavy atom. The van der Waals surface area contributed by atoms with E-state index in [0.717, 1.165) is 19.3 Å². The highest BCUT2D eigenvalue weighted by molar-refractivity contribution is 7.80. The number of unbranched alkanes of at least 4 members (excludes halogenated alkanes) is 7. The van der Waals surface area contributed by atoms with Crippen LogP contribution in [0.3, 0.4) is 0 Å². The first-order chi connectivity index (χ1) is 9.11. The molecule has 5 heteroatoms. The molecule has 0 heterocycles. The first-order valence-electron chi connectivity index (χ1n) is 7.24. The summed E-state index contributed by atoms with van der Waals surface area (Å²) >= 11 is 3.90. The number of nitrogens with one attached hydrogen (secondary N) is 1. The molecular formula is C14H27NO3S. The molecule has 0 radical (unpaired) electrons. The summed E-state index contributed by atoms with van der Waals surface area (Å²) in [5.41, 5.74) is 0. The van der Waals surface area contributed by atoms with E-state index < -0.39 is 12.0 Å². The number of carbonyl (C=O) groups excluding carboxylic acids is 1. The summed E-state index contributed by atoms with van der Waals surface area (Å²) in [6, 6.07) is -0.870. The highest BCUT2D eigenvalue weighted by Gasteiger charge is 2.17. The van der Waals surface area contributed by atoms with Gasteiger partial charge in [0.15, 0.2) is 0 Å². The van der Waals surface area contributed by atoms with Crippen LogP contribution in [-0.2, 0) is 9.59 Å². The molecule has 0 aliphatic heterocycles. The van der Waals surface area contributed by atoms with Crippen molar-refractivity contribution >= 4 is 24.5 Å². The fourth-order valence-electron chi connectivity index (χ4n) is 1.87. The van der Waals surface area contributed by atoms with Crippen LogP contribution in [0.4, 0.5) is 0 Å². The van der Waals surface area contributed by atoms with Gasteiger partial charge in [-0.25, -0.2) is 4.79 Å². The number of thiol groups is 1. The van der Waals surface area contributed by atoms with E-state index in [9.17, 15) is 9.59 Å². The van der Waals surface area contributed by atoms with Crippen LogP contribution in [-0.4, -0.2) is 28.8 Å². The van der Waals surface area contributed by atoms with Gasteiger partial charge in [0.05, 0.1) is 0 Å². The van der Waals surface area contributed by atoms with Crippen LogP contribution < -0.4 is 5.32 Å². The molecule has 0 aliphatic rings. The lowest BCUT2D eigenvalue weighted by molar-refractivity contribution is -0.141. The Kier molecular flexibility index (Phi) is 11.9. The molecule has 0 aromatic carbocycles. The van der Waals surface area contributed by atoms with Gasteiger partial charge in [-0.3, -0.25) is 4.79 Å².